The van der Waals surface area contributed by atoms with Crippen LogP contribution in [-0.2, 0) is 14.4 Å². The van der Waals surface area contributed by atoms with Gasteiger partial charge in [0.2, 0.25) is 11.8 Å². The number of methoxy groups -OCH3 is 2. The molecular formula is C21H24N2O6S. The Morgan fingerprint density at radius 1 is 1.00 bits per heavy atom. The number of carboxylic acid groups (broad SMARTS) is 1. The van der Waals surface area contributed by atoms with E-state index in [1.165, 1.54) is 18.9 Å². The summed E-state index contributed by atoms with van der Waals surface area (Å²) in [5.74, 6) is -0.442. The largest absolute Gasteiger partial charge is 0.497 e. The molecule has 0 fully saturated rings. The molecule has 1 atom stereocenters. The van der Waals surface area contributed by atoms with E-state index in [-0.39, 0.29) is 24.7 Å². The van der Waals surface area contributed by atoms with Gasteiger partial charge in [0, 0.05) is 23.1 Å². The fourth-order valence-corrected chi connectivity index (χ4v) is 3.33. The monoisotopic (exact) mass is 432 g/mol. The van der Waals surface area contributed by atoms with Crippen molar-refractivity contribution in [1.29, 1.82) is 0 Å². The molecule has 3 N–H and O–H groups in total. The molecule has 0 aliphatic rings. The molecule has 30 heavy (non-hydrogen) atoms. The number of carbonyl (C=O) groups excluding carboxylic acids is 2. The minimum absolute atomic E-state index is 0.0865. The zero-order chi connectivity index (χ0) is 22.1. The first-order chi connectivity index (χ1) is 14.3. The molecule has 0 aliphatic heterocycles. The predicted octanol–water partition coefficient (Wildman–Crippen LogP) is 3.63. The first-order valence-electron chi connectivity index (χ1n) is 9.13. The second kappa shape index (κ2) is 11.1. The van der Waals surface area contributed by atoms with E-state index >= 15 is 0 Å². The van der Waals surface area contributed by atoms with Crippen molar-refractivity contribution in [3.8, 4) is 11.5 Å². The summed E-state index contributed by atoms with van der Waals surface area (Å²) in [4.78, 5) is 35.6. The van der Waals surface area contributed by atoms with E-state index in [2.05, 4.69) is 10.6 Å². The smallest absolute Gasteiger partial charge is 0.303 e. The zero-order valence-electron chi connectivity index (χ0n) is 16.9. The Morgan fingerprint density at radius 2 is 1.70 bits per heavy atom. The number of thioether (sulfide) groups is 1. The number of carbonyl (C=O) groups is 3. The topological polar surface area (TPSA) is 114 Å². The molecule has 160 valence electrons. The second-order valence-electron chi connectivity index (χ2n) is 6.28. The van der Waals surface area contributed by atoms with E-state index in [9.17, 15) is 14.4 Å². The van der Waals surface area contributed by atoms with Gasteiger partial charge in [0.1, 0.15) is 11.5 Å². The van der Waals surface area contributed by atoms with Gasteiger partial charge in [0.25, 0.3) is 0 Å². The van der Waals surface area contributed by atoms with Crippen molar-refractivity contribution in [3.63, 3.8) is 0 Å². The van der Waals surface area contributed by atoms with Crippen LogP contribution in [0.15, 0.2) is 47.4 Å². The summed E-state index contributed by atoms with van der Waals surface area (Å²) in [5, 5.41) is 13.7. The molecule has 0 bridgehead atoms. The number of anilines is 2. The summed E-state index contributed by atoms with van der Waals surface area (Å²) in [6, 6.07) is 12.1. The summed E-state index contributed by atoms with van der Waals surface area (Å²) in [6.07, 6.45) is -0.304. The first kappa shape index (κ1) is 23.1. The molecule has 2 amide bonds. The Morgan fingerprint density at radius 3 is 2.30 bits per heavy atom. The number of amides is 2. The highest BCUT2D eigenvalue weighted by Crippen LogP contribution is 2.31. The molecule has 8 nitrogen and oxygen atoms in total. The molecule has 1 unspecified atom stereocenters. The molecule has 2 rings (SSSR count). The van der Waals surface area contributed by atoms with E-state index in [1.54, 1.807) is 56.5 Å². The van der Waals surface area contributed by atoms with Crippen LogP contribution in [0.25, 0.3) is 0 Å². The normalized spacial score (nSPS) is 11.3. The van der Waals surface area contributed by atoms with Crippen molar-refractivity contribution in [2.75, 3.05) is 24.9 Å². The van der Waals surface area contributed by atoms with Gasteiger partial charge < -0.3 is 25.2 Å². The van der Waals surface area contributed by atoms with Gasteiger partial charge in [-0.25, -0.2) is 0 Å². The molecule has 0 saturated carbocycles. The lowest BCUT2D eigenvalue weighted by Crippen LogP contribution is -2.22. The van der Waals surface area contributed by atoms with Gasteiger partial charge in [-0.15, -0.1) is 11.8 Å². The van der Waals surface area contributed by atoms with Crippen LogP contribution in [0.3, 0.4) is 0 Å². The number of benzene rings is 2. The van der Waals surface area contributed by atoms with Crippen molar-refractivity contribution in [2.24, 2.45) is 0 Å². The third kappa shape index (κ3) is 7.00. The standard InChI is InChI=1S/C21H24N2O6S/c1-13(21(27)23-17-12-15(28-2)6-9-18(17)29-3)30-16-7-4-14(5-8-16)22-19(24)10-11-20(25)26/h4-9,12-13H,10-11H2,1-3H3,(H,22,24)(H,23,27)(H,25,26). The van der Waals surface area contributed by atoms with Crippen LogP contribution in [0.4, 0.5) is 11.4 Å². The van der Waals surface area contributed by atoms with Gasteiger partial charge in [-0.3, -0.25) is 14.4 Å². The highest BCUT2D eigenvalue weighted by molar-refractivity contribution is 8.00. The fraction of sp³-hybridized carbons (Fsp3) is 0.286. The summed E-state index contributed by atoms with van der Waals surface area (Å²) in [6.45, 7) is 1.79. The third-order valence-corrected chi connectivity index (χ3v) is 5.16. The molecule has 2 aromatic rings. The van der Waals surface area contributed by atoms with E-state index in [0.717, 1.165) is 4.90 Å². The molecule has 0 saturated heterocycles. The lowest BCUT2D eigenvalue weighted by Gasteiger charge is -2.15. The SMILES string of the molecule is COc1ccc(OC)c(NC(=O)C(C)Sc2ccc(NC(=O)CCC(=O)O)cc2)c1. The second-order valence-corrected chi connectivity index (χ2v) is 7.70. The number of aliphatic carboxylic acids is 1. The van der Waals surface area contributed by atoms with Crippen LogP contribution >= 0.6 is 11.8 Å². The van der Waals surface area contributed by atoms with Gasteiger partial charge >= 0.3 is 5.97 Å². The van der Waals surface area contributed by atoms with Gasteiger partial charge in [-0.1, -0.05) is 0 Å². The average Bonchev–Trinajstić information content (AvgIpc) is 2.73. The molecular weight excluding hydrogens is 408 g/mol. The lowest BCUT2D eigenvalue weighted by atomic mass is 10.2. The van der Waals surface area contributed by atoms with Crippen LogP contribution < -0.4 is 20.1 Å². The zero-order valence-corrected chi connectivity index (χ0v) is 17.7. The van der Waals surface area contributed by atoms with Crippen molar-refractivity contribution >= 4 is 40.9 Å². The molecule has 2 aromatic carbocycles. The van der Waals surface area contributed by atoms with E-state index in [4.69, 9.17) is 14.6 Å². The van der Waals surface area contributed by atoms with Crippen LogP contribution in [0.5, 0.6) is 11.5 Å². The molecule has 0 radical (unpaired) electrons. The number of hydrogen-bond acceptors (Lipinski definition) is 6. The van der Waals surface area contributed by atoms with Crippen LogP contribution in [0.1, 0.15) is 19.8 Å². The molecule has 0 spiro atoms. The van der Waals surface area contributed by atoms with Gasteiger partial charge in [-0.2, -0.15) is 0 Å². The Balaban J connectivity index is 1.94. The lowest BCUT2D eigenvalue weighted by molar-refractivity contribution is -0.138. The van der Waals surface area contributed by atoms with E-state index < -0.39 is 11.2 Å². The number of carboxylic acids is 1. The number of hydrogen-bond donors (Lipinski definition) is 3. The van der Waals surface area contributed by atoms with Crippen molar-refractivity contribution in [3.05, 3.63) is 42.5 Å². The number of ether oxygens (including phenoxy) is 2. The summed E-state index contributed by atoms with van der Waals surface area (Å²) in [7, 11) is 3.07. The van der Waals surface area contributed by atoms with E-state index in [0.29, 0.717) is 22.9 Å². The molecule has 0 heterocycles. The Bertz CT molecular complexity index is 901. The summed E-state index contributed by atoms with van der Waals surface area (Å²) in [5.41, 5.74) is 1.08. The highest BCUT2D eigenvalue weighted by Gasteiger charge is 2.17. The Labute approximate surface area is 179 Å². The average molecular weight is 432 g/mol. The van der Waals surface area contributed by atoms with Crippen LogP contribution in [0, 0.1) is 0 Å². The van der Waals surface area contributed by atoms with Crippen molar-refractivity contribution in [1.82, 2.24) is 0 Å². The number of nitrogens with one attached hydrogen (secondary N) is 2. The maximum absolute atomic E-state index is 12.6. The molecule has 0 aliphatic carbocycles. The van der Waals surface area contributed by atoms with Crippen molar-refractivity contribution in [2.45, 2.75) is 29.9 Å². The maximum atomic E-state index is 12.6. The van der Waals surface area contributed by atoms with Crippen LogP contribution in [0.2, 0.25) is 0 Å². The minimum Gasteiger partial charge on any atom is -0.497 e. The minimum atomic E-state index is -1.02. The third-order valence-electron chi connectivity index (χ3n) is 4.05. The fourth-order valence-electron chi connectivity index (χ4n) is 2.46. The van der Waals surface area contributed by atoms with Gasteiger partial charge in [0.05, 0.1) is 31.6 Å². The van der Waals surface area contributed by atoms with Gasteiger partial charge in [-0.05, 0) is 43.3 Å². The quantitative estimate of drug-likeness (QED) is 0.491. The maximum Gasteiger partial charge on any atom is 0.303 e. The van der Waals surface area contributed by atoms with Crippen LogP contribution in [-0.4, -0.2) is 42.4 Å². The van der Waals surface area contributed by atoms with E-state index in [1.807, 2.05) is 0 Å². The highest BCUT2D eigenvalue weighted by atomic mass is 32.2. The summed E-state index contributed by atoms with van der Waals surface area (Å²) >= 11 is 1.36. The Hall–Kier alpha value is -3.20. The predicted molar refractivity (Wildman–Crippen MR) is 115 cm³/mol. The summed E-state index contributed by atoms with van der Waals surface area (Å²) < 4.78 is 10.5. The molecule has 9 heteroatoms. The first-order valence-corrected chi connectivity index (χ1v) is 10.0. The number of rotatable bonds is 10. The van der Waals surface area contributed by atoms with Crippen molar-refractivity contribution < 1.29 is 29.0 Å². The van der Waals surface area contributed by atoms with Gasteiger partial charge in [0.15, 0.2) is 0 Å². The molecule has 0 aromatic heterocycles. The Kier molecular flexibility index (Phi) is 8.54.